The van der Waals surface area contributed by atoms with E-state index in [9.17, 15) is 0 Å². The third-order valence-corrected chi connectivity index (χ3v) is 12.1. The summed E-state index contributed by atoms with van der Waals surface area (Å²) in [4.78, 5) is 2.37. The van der Waals surface area contributed by atoms with E-state index in [1.165, 1.54) is 33.4 Å². The van der Waals surface area contributed by atoms with Crippen LogP contribution in [0.2, 0.25) is 0 Å². The van der Waals surface area contributed by atoms with Crippen molar-refractivity contribution < 1.29 is 4.42 Å². The van der Waals surface area contributed by atoms with Crippen LogP contribution in [0.15, 0.2) is 265 Å². The van der Waals surface area contributed by atoms with Gasteiger partial charge < -0.3 is 9.32 Å². The molecule has 0 saturated carbocycles. The molecule has 0 aliphatic rings. The summed E-state index contributed by atoms with van der Waals surface area (Å²) in [5, 5.41) is 1.12. The lowest BCUT2D eigenvalue weighted by Gasteiger charge is -2.28. The summed E-state index contributed by atoms with van der Waals surface area (Å²) in [5.74, 6) is 0.885. The third-order valence-electron chi connectivity index (χ3n) is 12.1. The molecule has 0 unspecified atom stereocenters. The molecule has 0 radical (unpaired) electrons. The van der Waals surface area contributed by atoms with E-state index in [0.29, 0.717) is 0 Å². The Morgan fingerprint density at radius 1 is 0.266 bits per heavy atom. The predicted octanol–water partition coefficient (Wildman–Crippen LogP) is 17.6. The fraction of sp³-hybridized carbons (Fsp3) is 0. The Kier molecular flexibility index (Phi) is 10.3. The molecule has 64 heavy (non-hydrogen) atoms. The van der Waals surface area contributed by atoms with Crippen LogP contribution in [0, 0.1) is 0 Å². The maximum Gasteiger partial charge on any atom is 0.143 e. The molecule has 11 aromatic rings. The van der Waals surface area contributed by atoms with Gasteiger partial charge in [0.15, 0.2) is 0 Å². The van der Waals surface area contributed by atoms with E-state index in [1.54, 1.807) is 0 Å². The number of para-hydroxylation sites is 2. The van der Waals surface area contributed by atoms with Crippen LogP contribution < -0.4 is 4.90 Å². The average molecular weight is 818 g/mol. The van der Waals surface area contributed by atoms with Crippen molar-refractivity contribution in [2.75, 3.05) is 4.90 Å². The summed E-state index contributed by atoms with van der Waals surface area (Å²) in [6, 6.07) is 93.0. The SMILES string of the molecule is c1ccc(-c2ccc(-c3ccc(N(c4ccc(-c5ccc(-c6cccc(-c7oc8ccccc8c7-c7ccccc7)c6)cc5)cc4)c4ccccc4-c4ccccc4)cc3)cc2)cc1. The van der Waals surface area contributed by atoms with Crippen molar-refractivity contribution in [1.82, 2.24) is 0 Å². The van der Waals surface area contributed by atoms with Crippen LogP contribution in [0.3, 0.4) is 0 Å². The lowest BCUT2D eigenvalue weighted by molar-refractivity contribution is 0.632. The van der Waals surface area contributed by atoms with Crippen LogP contribution in [0.4, 0.5) is 17.1 Å². The summed E-state index contributed by atoms with van der Waals surface area (Å²) < 4.78 is 6.56. The van der Waals surface area contributed by atoms with Gasteiger partial charge in [-0.05, 0) is 98.1 Å². The molecule has 2 heteroatoms. The largest absolute Gasteiger partial charge is 0.455 e. The van der Waals surface area contributed by atoms with Gasteiger partial charge in [0.05, 0.1) is 5.69 Å². The van der Waals surface area contributed by atoms with E-state index in [1.807, 2.05) is 12.1 Å². The highest BCUT2D eigenvalue weighted by Crippen LogP contribution is 2.44. The first-order valence-electron chi connectivity index (χ1n) is 21.8. The molecule has 0 spiro atoms. The predicted molar refractivity (Wildman–Crippen MR) is 269 cm³/mol. The molecule has 0 atom stereocenters. The van der Waals surface area contributed by atoms with Gasteiger partial charge in [-0.25, -0.2) is 0 Å². The molecule has 2 nitrogen and oxygen atoms in total. The van der Waals surface area contributed by atoms with Gasteiger partial charge in [0.1, 0.15) is 11.3 Å². The highest BCUT2D eigenvalue weighted by Gasteiger charge is 2.19. The molecule has 0 aliphatic carbocycles. The summed E-state index contributed by atoms with van der Waals surface area (Å²) in [5.41, 5.74) is 19.3. The second-order valence-electron chi connectivity index (χ2n) is 16.1. The fourth-order valence-corrected chi connectivity index (χ4v) is 8.88. The monoisotopic (exact) mass is 817 g/mol. The number of benzene rings is 10. The van der Waals surface area contributed by atoms with Gasteiger partial charge in [0, 0.05) is 33.5 Å². The zero-order chi connectivity index (χ0) is 42.7. The molecule has 0 N–H and O–H groups in total. The average Bonchev–Trinajstić information content (AvgIpc) is 3.78. The van der Waals surface area contributed by atoms with Crippen molar-refractivity contribution in [1.29, 1.82) is 0 Å². The van der Waals surface area contributed by atoms with Crippen LogP contribution in [0.1, 0.15) is 0 Å². The van der Waals surface area contributed by atoms with Gasteiger partial charge >= 0.3 is 0 Å². The Hall–Kier alpha value is -8.46. The van der Waals surface area contributed by atoms with Gasteiger partial charge in [0.25, 0.3) is 0 Å². The minimum atomic E-state index is 0.885. The molecule has 0 bridgehead atoms. The van der Waals surface area contributed by atoms with Crippen molar-refractivity contribution in [3.63, 3.8) is 0 Å². The second-order valence-corrected chi connectivity index (χ2v) is 16.1. The Bertz CT molecular complexity index is 3320. The van der Waals surface area contributed by atoms with E-state index in [4.69, 9.17) is 4.42 Å². The van der Waals surface area contributed by atoms with Gasteiger partial charge in [-0.3, -0.25) is 0 Å². The van der Waals surface area contributed by atoms with E-state index in [0.717, 1.165) is 72.7 Å². The fourth-order valence-electron chi connectivity index (χ4n) is 8.88. The Balaban J connectivity index is 0.899. The lowest BCUT2D eigenvalue weighted by Crippen LogP contribution is -2.11. The quantitative estimate of drug-likeness (QED) is 0.137. The van der Waals surface area contributed by atoms with E-state index in [2.05, 4.69) is 254 Å². The molecule has 11 rings (SSSR count). The molecule has 0 amide bonds. The molecular weight excluding hydrogens is 775 g/mol. The number of rotatable bonds is 10. The summed E-state index contributed by atoms with van der Waals surface area (Å²) in [6.07, 6.45) is 0. The lowest BCUT2D eigenvalue weighted by atomic mass is 9.95. The number of hydrogen-bond acceptors (Lipinski definition) is 2. The van der Waals surface area contributed by atoms with Gasteiger partial charge in [-0.15, -0.1) is 0 Å². The number of furan rings is 1. The van der Waals surface area contributed by atoms with E-state index < -0.39 is 0 Å². The zero-order valence-corrected chi connectivity index (χ0v) is 35.2. The first-order chi connectivity index (χ1) is 31.7. The first kappa shape index (κ1) is 38.5. The highest BCUT2D eigenvalue weighted by atomic mass is 16.3. The molecule has 0 saturated heterocycles. The molecule has 1 aromatic heterocycles. The summed E-state index contributed by atoms with van der Waals surface area (Å²) >= 11 is 0. The molecular formula is C62H43NO. The van der Waals surface area contributed by atoms with Crippen molar-refractivity contribution in [3.05, 3.63) is 261 Å². The highest BCUT2D eigenvalue weighted by molar-refractivity contribution is 6.02. The topological polar surface area (TPSA) is 16.4 Å². The number of nitrogens with zero attached hydrogens (tertiary/aromatic N) is 1. The standard InChI is InChI=1S/C62H43NO/c1-4-15-44(16-5-1)45-27-29-46(30-28-45)48-35-39-55(40-36-48)63(59-25-12-10-23-57(59)51-17-6-2-7-18-51)56-41-37-49(38-42-56)47-31-33-50(34-32-47)53-21-14-22-54(43-53)62-61(52-19-8-3-9-20-52)58-24-11-13-26-60(58)64-62/h1-43H. The maximum absolute atomic E-state index is 6.56. The zero-order valence-electron chi connectivity index (χ0n) is 35.2. The Labute approximate surface area is 374 Å². The van der Waals surface area contributed by atoms with Crippen LogP contribution in [-0.4, -0.2) is 0 Å². The van der Waals surface area contributed by atoms with Crippen molar-refractivity contribution in [2.24, 2.45) is 0 Å². The maximum atomic E-state index is 6.56. The molecule has 0 aliphatic heterocycles. The van der Waals surface area contributed by atoms with Crippen LogP contribution >= 0.6 is 0 Å². The molecule has 0 fully saturated rings. The van der Waals surface area contributed by atoms with Gasteiger partial charge in [-0.1, -0.05) is 218 Å². The summed E-state index contributed by atoms with van der Waals surface area (Å²) in [7, 11) is 0. The van der Waals surface area contributed by atoms with Crippen molar-refractivity contribution in [2.45, 2.75) is 0 Å². The first-order valence-corrected chi connectivity index (χ1v) is 21.8. The van der Waals surface area contributed by atoms with Gasteiger partial charge in [-0.2, -0.15) is 0 Å². The second kappa shape index (κ2) is 17.1. The molecule has 302 valence electrons. The number of anilines is 3. The van der Waals surface area contributed by atoms with E-state index >= 15 is 0 Å². The van der Waals surface area contributed by atoms with Crippen LogP contribution in [-0.2, 0) is 0 Å². The van der Waals surface area contributed by atoms with Crippen molar-refractivity contribution in [3.8, 4) is 78.1 Å². The number of hydrogen-bond donors (Lipinski definition) is 0. The molecule has 10 aromatic carbocycles. The minimum Gasteiger partial charge on any atom is -0.455 e. The van der Waals surface area contributed by atoms with Gasteiger partial charge in [0.2, 0.25) is 0 Å². The Morgan fingerprint density at radius 2 is 0.656 bits per heavy atom. The smallest absolute Gasteiger partial charge is 0.143 e. The number of fused-ring (bicyclic) bond motifs is 1. The molecule has 1 heterocycles. The van der Waals surface area contributed by atoms with Crippen LogP contribution in [0.25, 0.3) is 89.1 Å². The summed E-state index contributed by atoms with van der Waals surface area (Å²) in [6.45, 7) is 0. The van der Waals surface area contributed by atoms with E-state index in [-0.39, 0.29) is 0 Å². The van der Waals surface area contributed by atoms with Crippen LogP contribution in [0.5, 0.6) is 0 Å². The third kappa shape index (κ3) is 7.59. The van der Waals surface area contributed by atoms with Crippen molar-refractivity contribution >= 4 is 28.0 Å². The Morgan fingerprint density at radius 3 is 1.22 bits per heavy atom. The minimum absolute atomic E-state index is 0.885. The normalized spacial score (nSPS) is 11.1.